The highest BCUT2D eigenvalue weighted by Crippen LogP contribution is 2.17. The zero-order valence-electron chi connectivity index (χ0n) is 9.28. The van der Waals surface area contributed by atoms with Gasteiger partial charge in [0.15, 0.2) is 0 Å². The van der Waals surface area contributed by atoms with Crippen molar-refractivity contribution in [2.75, 3.05) is 26.2 Å². The maximum absolute atomic E-state index is 9.04. The van der Waals surface area contributed by atoms with Crippen molar-refractivity contribution < 1.29 is 5.11 Å². The van der Waals surface area contributed by atoms with Crippen molar-refractivity contribution in [3.63, 3.8) is 0 Å². The van der Waals surface area contributed by atoms with E-state index in [2.05, 4.69) is 11.8 Å². The Balaban J connectivity index is 2.43. The van der Waals surface area contributed by atoms with Crippen molar-refractivity contribution >= 4 is 0 Å². The smallest absolute Gasteiger partial charge is 0.0468 e. The van der Waals surface area contributed by atoms with Gasteiger partial charge in [0.1, 0.15) is 0 Å². The summed E-state index contributed by atoms with van der Waals surface area (Å²) in [4.78, 5) is 2.47. The van der Waals surface area contributed by atoms with Crippen LogP contribution in [0.15, 0.2) is 0 Å². The lowest BCUT2D eigenvalue weighted by Gasteiger charge is -2.30. The molecule has 3 heteroatoms. The summed E-state index contributed by atoms with van der Waals surface area (Å²) in [5.41, 5.74) is 5.78. The first-order valence-electron chi connectivity index (χ1n) is 5.83. The molecule has 0 bridgehead atoms. The average molecular weight is 200 g/mol. The normalized spacial score (nSPS) is 27.2. The van der Waals surface area contributed by atoms with E-state index in [1.807, 2.05) is 0 Å². The highest BCUT2D eigenvalue weighted by Gasteiger charge is 2.20. The predicted molar refractivity (Wildman–Crippen MR) is 59.1 cm³/mol. The summed E-state index contributed by atoms with van der Waals surface area (Å²) in [6.45, 7) is 5.30. The Kier molecular flexibility index (Phi) is 5.45. The molecule has 1 saturated heterocycles. The van der Waals surface area contributed by atoms with Gasteiger partial charge in [-0.1, -0.05) is 19.8 Å². The second kappa shape index (κ2) is 6.38. The van der Waals surface area contributed by atoms with Crippen LogP contribution in [-0.2, 0) is 0 Å². The Hall–Kier alpha value is -0.120. The van der Waals surface area contributed by atoms with E-state index in [1.165, 1.54) is 25.7 Å². The van der Waals surface area contributed by atoms with Gasteiger partial charge in [-0.2, -0.15) is 0 Å². The largest absolute Gasteiger partial charge is 0.396 e. The van der Waals surface area contributed by atoms with Crippen molar-refractivity contribution in [1.29, 1.82) is 0 Å². The molecule has 0 aromatic rings. The third-order valence-corrected chi connectivity index (χ3v) is 3.13. The number of hydrogen-bond donors (Lipinski definition) is 2. The molecule has 1 rings (SSSR count). The van der Waals surface area contributed by atoms with Gasteiger partial charge in [0.2, 0.25) is 0 Å². The lowest BCUT2D eigenvalue weighted by Crippen LogP contribution is -2.42. The van der Waals surface area contributed by atoms with Gasteiger partial charge in [0.25, 0.3) is 0 Å². The minimum absolute atomic E-state index is 0.286. The summed E-state index contributed by atoms with van der Waals surface area (Å²) in [7, 11) is 0. The molecule has 1 aliphatic rings. The minimum Gasteiger partial charge on any atom is -0.396 e. The van der Waals surface area contributed by atoms with E-state index in [0.29, 0.717) is 12.0 Å². The quantitative estimate of drug-likeness (QED) is 0.706. The van der Waals surface area contributed by atoms with Crippen LogP contribution < -0.4 is 5.73 Å². The zero-order chi connectivity index (χ0) is 10.4. The van der Waals surface area contributed by atoms with Gasteiger partial charge >= 0.3 is 0 Å². The Labute approximate surface area is 87.3 Å². The van der Waals surface area contributed by atoms with E-state index < -0.39 is 0 Å². The number of aliphatic hydroxyl groups excluding tert-OH is 1. The highest BCUT2D eigenvalue weighted by molar-refractivity contribution is 4.77. The molecule has 3 N–H and O–H groups in total. The van der Waals surface area contributed by atoms with Crippen LogP contribution >= 0.6 is 0 Å². The molecule has 3 nitrogen and oxygen atoms in total. The summed E-state index contributed by atoms with van der Waals surface area (Å²) >= 11 is 0. The Morgan fingerprint density at radius 1 is 1.43 bits per heavy atom. The van der Waals surface area contributed by atoms with Crippen molar-refractivity contribution in [2.45, 2.75) is 38.6 Å². The van der Waals surface area contributed by atoms with Gasteiger partial charge in [0.05, 0.1) is 0 Å². The average Bonchev–Trinajstić information content (AvgIpc) is 2.42. The van der Waals surface area contributed by atoms with Gasteiger partial charge in [-0.15, -0.1) is 0 Å². The van der Waals surface area contributed by atoms with Crippen molar-refractivity contribution in [3.8, 4) is 0 Å². The molecule has 1 heterocycles. The lowest BCUT2D eigenvalue weighted by atomic mass is 10.1. The summed E-state index contributed by atoms with van der Waals surface area (Å²) in [6.07, 6.45) is 5.16. The van der Waals surface area contributed by atoms with Crippen molar-refractivity contribution in [2.24, 2.45) is 11.7 Å². The third kappa shape index (κ3) is 3.56. The molecule has 84 valence electrons. The molecule has 1 aliphatic heterocycles. The van der Waals surface area contributed by atoms with Crippen LogP contribution in [0.25, 0.3) is 0 Å². The Bertz CT molecular complexity index is 152. The van der Waals surface area contributed by atoms with Crippen LogP contribution in [0.3, 0.4) is 0 Å². The van der Waals surface area contributed by atoms with Gasteiger partial charge in [-0.25, -0.2) is 0 Å². The SMILES string of the molecule is CC(CO)CN1CCCCCC1CN. The fourth-order valence-electron chi connectivity index (χ4n) is 2.20. The lowest BCUT2D eigenvalue weighted by molar-refractivity contribution is 0.141. The molecular formula is C11H24N2O. The molecule has 0 aliphatic carbocycles. The molecule has 0 amide bonds. The summed E-state index contributed by atoms with van der Waals surface area (Å²) in [5, 5.41) is 9.04. The number of hydrogen-bond acceptors (Lipinski definition) is 3. The highest BCUT2D eigenvalue weighted by atomic mass is 16.3. The fraction of sp³-hybridized carbons (Fsp3) is 1.00. The summed E-state index contributed by atoms with van der Waals surface area (Å²) in [6, 6.07) is 0.548. The van der Waals surface area contributed by atoms with E-state index in [0.717, 1.165) is 19.6 Å². The minimum atomic E-state index is 0.286. The van der Waals surface area contributed by atoms with E-state index in [-0.39, 0.29) is 6.61 Å². The number of nitrogens with two attached hydrogens (primary N) is 1. The number of likely N-dealkylation sites (tertiary alicyclic amines) is 1. The Morgan fingerprint density at radius 3 is 2.86 bits per heavy atom. The van der Waals surface area contributed by atoms with E-state index >= 15 is 0 Å². The zero-order valence-corrected chi connectivity index (χ0v) is 9.28. The van der Waals surface area contributed by atoms with Gasteiger partial charge in [0, 0.05) is 25.7 Å². The molecule has 0 aromatic carbocycles. The second-order valence-electron chi connectivity index (χ2n) is 4.52. The monoisotopic (exact) mass is 200 g/mol. The number of aliphatic hydroxyl groups is 1. The van der Waals surface area contributed by atoms with Crippen LogP contribution in [0.2, 0.25) is 0 Å². The molecular weight excluding hydrogens is 176 g/mol. The molecule has 1 fully saturated rings. The first-order valence-corrected chi connectivity index (χ1v) is 5.83. The van der Waals surface area contributed by atoms with Crippen molar-refractivity contribution in [3.05, 3.63) is 0 Å². The van der Waals surface area contributed by atoms with Gasteiger partial charge in [-0.05, 0) is 25.3 Å². The molecule has 0 saturated carbocycles. The third-order valence-electron chi connectivity index (χ3n) is 3.13. The van der Waals surface area contributed by atoms with Crippen molar-refractivity contribution in [1.82, 2.24) is 4.90 Å². The van der Waals surface area contributed by atoms with E-state index in [1.54, 1.807) is 0 Å². The number of rotatable bonds is 4. The van der Waals surface area contributed by atoms with Gasteiger partial charge in [-0.3, -0.25) is 4.90 Å². The van der Waals surface area contributed by atoms with Crippen LogP contribution in [0, 0.1) is 5.92 Å². The topological polar surface area (TPSA) is 49.5 Å². The molecule has 0 spiro atoms. The molecule has 0 aromatic heterocycles. The summed E-state index contributed by atoms with van der Waals surface area (Å²) < 4.78 is 0. The second-order valence-corrected chi connectivity index (χ2v) is 4.52. The number of nitrogens with zero attached hydrogens (tertiary/aromatic N) is 1. The first-order chi connectivity index (χ1) is 6.77. The maximum Gasteiger partial charge on any atom is 0.0468 e. The van der Waals surface area contributed by atoms with Crippen LogP contribution in [-0.4, -0.2) is 42.3 Å². The summed E-state index contributed by atoms with van der Waals surface area (Å²) in [5.74, 6) is 0.377. The predicted octanol–water partition coefficient (Wildman–Crippen LogP) is 0.818. The Morgan fingerprint density at radius 2 is 2.21 bits per heavy atom. The maximum atomic E-state index is 9.04. The molecule has 2 unspecified atom stereocenters. The van der Waals surface area contributed by atoms with Gasteiger partial charge < -0.3 is 10.8 Å². The van der Waals surface area contributed by atoms with Crippen LogP contribution in [0.5, 0.6) is 0 Å². The molecule has 0 radical (unpaired) electrons. The molecule has 2 atom stereocenters. The fourth-order valence-corrected chi connectivity index (χ4v) is 2.20. The van der Waals surface area contributed by atoms with Crippen LogP contribution in [0.1, 0.15) is 32.6 Å². The molecule has 14 heavy (non-hydrogen) atoms. The standard InChI is InChI=1S/C11H24N2O/c1-10(9-14)8-13-6-4-2-3-5-11(13)7-12/h10-11,14H,2-9,12H2,1H3. The van der Waals surface area contributed by atoms with E-state index in [9.17, 15) is 0 Å². The van der Waals surface area contributed by atoms with E-state index in [4.69, 9.17) is 10.8 Å². The first kappa shape index (κ1) is 12.0. The van der Waals surface area contributed by atoms with Crippen LogP contribution in [0.4, 0.5) is 0 Å².